The molecule has 1 fully saturated rings. The van der Waals surface area contributed by atoms with Gasteiger partial charge in [-0.15, -0.1) is 5.10 Å². The Bertz CT molecular complexity index is 353. The second kappa shape index (κ2) is 4.80. The van der Waals surface area contributed by atoms with Gasteiger partial charge in [-0.25, -0.2) is 0 Å². The maximum atomic E-state index is 10.3. The maximum absolute atomic E-state index is 10.3. The van der Waals surface area contributed by atoms with E-state index >= 15 is 0 Å². The van der Waals surface area contributed by atoms with Gasteiger partial charge >= 0.3 is 0 Å². The molecule has 0 aliphatic heterocycles. The lowest BCUT2D eigenvalue weighted by Gasteiger charge is -2.34. The second-order valence-electron chi connectivity index (χ2n) is 5.20. The van der Waals surface area contributed by atoms with E-state index < -0.39 is 0 Å². The van der Waals surface area contributed by atoms with Crippen LogP contribution in [0.4, 0.5) is 0 Å². The van der Waals surface area contributed by atoms with E-state index in [4.69, 9.17) is 0 Å². The number of rotatable bonds is 2. The number of hydrogen-bond donors (Lipinski definition) is 1. The van der Waals surface area contributed by atoms with Crippen molar-refractivity contribution in [3.8, 4) is 0 Å². The molecule has 90 valence electrons. The third kappa shape index (κ3) is 2.28. The molecule has 1 heterocycles. The molecule has 1 aliphatic carbocycles. The standard InChI is InChI=1S/C12H20N2OS/c1-7-4-5-10(6-8(7)2)11(15)12-9(3)13-14-16-12/h7-8,10-11,15H,4-6H2,1-3H3. The minimum Gasteiger partial charge on any atom is -0.387 e. The van der Waals surface area contributed by atoms with E-state index in [9.17, 15) is 5.11 Å². The van der Waals surface area contributed by atoms with Crippen molar-refractivity contribution >= 4 is 11.5 Å². The van der Waals surface area contributed by atoms with Gasteiger partial charge in [0.25, 0.3) is 0 Å². The Morgan fingerprint density at radius 2 is 2.06 bits per heavy atom. The topological polar surface area (TPSA) is 46.0 Å². The third-order valence-corrected chi connectivity index (χ3v) is 4.94. The first-order valence-corrected chi connectivity index (χ1v) is 6.83. The molecule has 4 unspecified atom stereocenters. The Labute approximate surface area is 101 Å². The minimum atomic E-state index is -0.352. The lowest BCUT2D eigenvalue weighted by Crippen LogP contribution is -2.25. The normalized spacial score (nSPS) is 32.6. The first-order chi connectivity index (χ1) is 7.59. The quantitative estimate of drug-likeness (QED) is 0.864. The number of hydrogen-bond acceptors (Lipinski definition) is 4. The second-order valence-corrected chi connectivity index (χ2v) is 5.98. The molecule has 3 nitrogen and oxygen atoms in total. The van der Waals surface area contributed by atoms with Crippen molar-refractivity contribution in [2.24, 2.45) is 17.8 Å². The highest BCUT2D eigenvalue weighted by atomic mass is 32.1. The highest BCUT2D eigenvalue weighted by Gasteiger charge is 2.31. The molecule has 0 radical (unpaired) electrons. The fraction of sp³-hybridized carbons (Fsp3) is 0.833. The van der Waals surface area contributed by atoms with Crippen LogP contribution < -0.4 is 0 Å². The molecule has 0 aromatic carbocycles. The monoisotopic (exact) mass is 240 g/mol. The van der Waals surface area contributed by atoms with Crippen molar-refractivity contribution in [2.75, 3.05) is 0 Å². The summed E-state index contributed by atoms with van der Waals surface area (Å²) in [5.74, 6) is 1.91. The average molecular weight is 240 g/mol. The van der Waals surface area contributed by atoms with Gasteiger partial charge in [-0.3, -0.25) is 0 Å². The van der Waals surface area contributed by atoms with Crippen molar-refractivity contribution in [2.45, 2.75) is 46.1 Å². The van der Waals surface area contributed by atoms with Gasteiger partial charge in [0, 0.05) is 0 Å². The maximum Gasteiger partial charge on any atom is 0.0945 e. The largest absolute Gasteiger partial charge is 0.387 e. The van der Waals surface area contributed by atoms with Crippen molar-refractivity contribution in [1.82, 2.24) is 9.59 Å². The van der Waals surface area contributed by atoms with Gasteiger partial charge in [0.1, 0.15) is 0 Å². The SMILES string of the molecule is Cc1nnsc1C(O)C1CCC(C)C(C)C1. The summed E-state index contributed by atoms with van der Waals surface area (Å²) in [7, 11) is 0. The van der Waals surface area contributed by atoms with Crippen molar-refractivity contribution in [1.29, 1.82) is 0 Å². The first-order valence-electron chi connectivity index (χ1n) is 6.06. The predicted octanol–water partition coefficient (Wildman–Crippen LogP) is 2.95. The Hall–Kier alpha value is -0.480. The number of aliphatic hydroxyl groups excluding tert-OH is 1. The summed E-state index contributed by atoms with van der Waals surface area (Å²) < 4.78 is 3.90. The van der Waals surface area contributed by atoms with E-state index in [2.05, 4.69) is 23.4 Å². The van der Waals surface area contributed by atoms with Crippen molar-refractivity contribution < 1.29 is 5.11 Å². The Morgan fingerprint density at radius 3 is 2.62 bits per heavy atom. The van der Waals surface area contributed by atoms with E-state index in [1.54, 1.807) is 0 Å². The number of nitrogens with zero attached hydrogens (tertiary/aromatic N) is 2. The first kappa shape index (κ1) is 12.0. The Morgan fingerprint density at radius 1 is 1.31 bits per heavy atom. The smallest absolute Gasteiger partial charge is 0.0945 e. The number of aliphatic hydroxyl groups is 1. The summed E-state index contributed by atoms with van der Waals surface area (Å²) >= 11 is 1.34. The molecule has 1 aromatic rings. The molecular weight excluding hydrogens is 220 g/mol. The van der Waals surface area contributed by atoms with Crippen LogP contribution in [-0.2, 0) is 0 Å². The molecule has 0 amide bonds. The third-order valence-electron chi connectivity index (χ3n) is 4.04. The van der Waals surface area contributed by atoms with Crippen molar-refractivity contribution in [3.05, 3.63) is 10.6 Å². The van der Waals surface area contributed by atoms with Gasteiger partial charge in [-0.2, -0.15) is 0 Å². The highest BCUT2D eigenvalue weighted by molar-refractivity contribution is 7.05. The van der Waals surface area contributed by atoms with Crippen LogP contribution in [0.15, 0.2) is 0 Å². The molecule has 4 heteroatoms. The lowest BCUT2D eigenvalue weighted by atomic mass is 9.73. The molecule has 1 saturated carbocycles. The number of aryl methyl sites for hydroxylation is 1. The molecule has 0 saturated heterocycles. The molecule has 0 spiro atoms. The van der Waals surface area contributed by atoms with E-state index in [0.717, 1.165) is 35.2 Å². The predicted molar refractivity (Wildman–Crippen MR) is 65.3 cm³/mol. The molecule has 1 aromatic heterocycles. The van der Waals surface area contributed by atoms with E-state index in [-0.39, 0.29) is 6.10 Å². The minimum absolute atomic E-state index is 0.352. The fourth-order valence-corrected chi connectivity index (χ4v) is 3.32. The number of aromatic nitrogens is 2. The van der Waals surface area contributed by atoms with Gasteiger partial charge < -0.3 is 5.11 Å². The van der Waals surface area contributed by atoms with E-state index in [1.807, 2.05) is 6.92 Å². The van der Waals surface area contributed by atoms with E-state index in [1.165, 1.54) is 18.0 Å². The van der Waals surface area contributed by atoms with Gasteiger partial charge in [-0.05, 0) is 49.1 Å². The van der Waals surface area contributed by atoms with Crippen LogP contribution in [0.5, 0.6) is 0 Å². The van der Waals surface area contributed by atoms with Gasteiger partial charge in [-0.1, -0.05) is 24.8 Å². The van der Waals surface area contributed by atoms with Gasteiger partial charge in [0.2, 0.25) is 0 Å². The molecule has 1 aliphatic rings. The summed E-state index contributed by atoms with van der Waals surface area (Å²) in [6, 6.07) is 0. The summed E-state index contributed by atoms with van der Waals surface area (Å²) in [6.45, 7) is 6.53. The fourth-order valence-electron chi connectivity index (χ4n) is 2.60. The zero-order valence-corrected chi connectivity index (χ0v) is 11.0. The molecular formula is C12H20N2OS. The van der Waals surface area contributed by atoms with Crippen LogP contribution in [-0.4, -0.2) is 14.7 Å². The Balaban J connectivity index is 2.06. The van der Waals surface area contributed by atoms with Crippen LogP contribution in [0.3, 0.4) is 0 Å². The van der Waals surface area contributed by atoms with Crippen LogP contribution >= 0.6 is 11.5 Å². The zero-order valence-electron chi connectivity index (χ0n) is 10.2. The molecule has 4 atom stereocenters. The van der Waals surface area contributed by atoms with Crippen molar-refractivity contribution in [3.63, 3.8) is 0 Å². The van der Waals surface area contributed by atoms with Crippen LogP contribution in [0.2, 0.25) is 0 Å². The Kier molecular flexibility index (Phi) is 3.60. The summed E-state index contributed by atoms with van der Waals surface area (Å²) in [5.41, 5.74) is 0.892. The summed E-state index contributed by atoms with van der Waals surface area (Å²) in [6.07, 6.45) is 3.13. The summed E-state index contributed by atoms with van der Waals surface area (Å²) in [5, 5.41) is 14.3. The van der Waals surface area contributed by atoms with Gasteiger partial charge in [0.15, 0.2) is 0 Å². The van der Waals surface area contributed by atoms with Gasteiger partial charge in [0.05, 0.1) is 16.7 Å². The van der Waals surface area contributed by atoms with Crippen LogP contribution in [0, 0.1) is 24.7 Å². The molecule has 16 heavy (non-hydrogen) atoms. The molecule has 2 rings (SSSR count). The zero-order chi connectivity index (χ0) is 11.7. The summed E-state index contributed by atoms with van der Waals surface area (Å²) in [4.78, 5) is 0.965. The van der Waals surface area contributed by atoms with Crippen LogP contribution in [0.25, 0.3) is 0 Å². The molecule has 0 bridgehead atoms. The van der Waals surface area contributed by atoms with Crippen LogP contribution in [0.1, 0.15) is 49.8 Å². The average Bonchev–Trinajstić information content (AvgIpc) is 2.67. The van der Waals surface area contributed by atoms with E-state index in [0.29, 0.717) is 5.92 Å². The molecule has 1 N–H and O–H groups in total. The highest BCUT2D eigenvalue weighted by Crippen LogP contribution is 2.40. The lowest BCUT2D eigenvalue weighted by molar-refractivity contribution is 0.0580.